The lowest BCUT2D eigenvalue weighted by Gasteiger charge is -2.41. The Labute approximate surface area is 322 Å². The number of piperidine rings is 1. The standard InChI is InChI=1S/C43H49ClN4O6/c1-29-33(9-6-10-36(29)37-11-7-12-39(30(37)2)52-18-8-15-47-17-13-35(49)26-47)28-54-41-21-40(53-27-32-19-31(22-45)23-46-24-32)34(20-38(41)44)25-48-16-5-4-14-43(48,3)42(50)51/h6-7,9-12,19-21,23-24,35,49H,4-5,8,13-18,25-28H2,1-3H3,(H,50,51). The molecule has 2 aliphatic rings. The van der Waals surface area contributed by atoms with Gasteiger partial charge < -0.3 is 29.3 Å². The molecule has 11 heteroatoms. The van der Waals surface area contributed by atoms with Gasteiger partial charge in [0.1, 0.15) is 42.1 Å². The number of carboxylic acid groups (broad SMARTS) is 1. The third-order valence-electron chi connectivity index (χ3n) is 10.8. The van der Waals surface area contributed by atoms with Crippen LogP contribution in [-0.4, -0.2) is 75.4 Å². The van der Waals surface area contributed by atoms with Crippen molar-refractivity contribution in [2.45, 2.75) is 84.3 Å². The number of hydrogen-bond donors (Lipinski definition) is 2. The number of carbonyl (C=O) groups is 1. The zero-order chi connectivity index (χ0) is 38.2. The Balaban J connectivity index is 1.20. The number of rotatable bonds is 15. The molecule has 3 heterocycles. The van der Waals surface area contributed by atoms with Crippen molar-refractivity contribution in [2.24, 2.45) is 0 Å². The van der Waals surface area contributed by atoms with E-state index in [1.807, 2.05) is 29.2 Å². The first kappa shape index (κ1) is 39.0. The average molecular weight is 753 g/mol. The second-order valence-corrected chi connectivity index (χ2v) is 15.0. The molecule has 0 radical (unpaired) electrons. The Morgan fingerprint density at radius 1 is 0.963 bits per heavy atom. The molecule has 2 fully saturated rings. The molecule has 4 aromatic rings. The zero-order valence-electron chi connectivity index (χ0n) is 31.3. The molecule has 284 valence electrons. The van der Waals surface area contributed by atoms with Crippen molar-refractivity contribution < 1.29 is 29.2 Å². The van der Waals surface area contributed by atoms with Crippen molar-refractivity contribution in [3.63, 3.8) is 0 Å². The van der Waals surface area contributed by atoms with Crippen molar-refractivity contribution in [3.8, 4) is 34.4 Å². The molecule has 2 unspecified atom stereocenters. The first-order valence-electron chi connectivity index (χ1n) is 18.7. The number of halogens is 1. The predicted octanol–water partition coefficient (Wildman–Crippen LogP) is 7.71. The van der Waals surface area contributed by atoms with Crippen LogP contribution in [0.25, 0.3) is 11.1 Å². The van der Waals surface area contributed by atoms with Crippen LogP contribution in [0.15, 0.2) is 67.0 Å². The number of aliphatic carboxylic acids is 1. The van der Waals surface area contributed by atoms with Gasteiger partial charge in [0.15, 0.2) is 0 Å². The average Bonchev–Trinajstić information content (AvgIpc) is 3.59. The fourth-order valence-electron chi connectivity index (χ4n) is 7.45. The van der Waals surface area contributed by atoms with Crippen LogP contribution in [0.1, 0.15) is 72.4 Å². The second kappa shape index (κ2) is 17.7. The summed E-state index contributed by atoms with van der Waals surface area (Å²) in [6.07, 6.45) is 6.99. The molecule has 54 heavy (non-hydrogen) atoms. The minimum absolute atomic E-state index is 0.151. The van der Waals surface area contributed by atoms with Crippen molar-refractivity contribution >= 4 is 17.6 Å². The number of aliphatic hydroxyl groups excluding tert-OH is 1. The summed E-state index contributed by atoms with van der Waals surface area (Å²) in [5.41, 5.74) is 6.23. The lowest BCUT2D eigenvalue weighted by atomic mass is 9.88. The molecular formula is C43H49ClN4O6. The molecule has 10 nitrogen and oxygen atoms in total. The molecule has 0 bridgehead atoms. The Morgan fingerprint density at radius 3 is 2.50 bits per heavy atom. The van der Waals surface area contributed by atoms with Gasteiger partial charge >= 0.3 is 5.97 Å². The number of benzene rings is 3. The summed E-state index contributed by atoms with van der Waals surface area (Å²) < 4.78 is 19.0. The van der Waals surface area contributed by atoms with Gasteiger partial charge in [0.05, 0.1) is 23.3 Å². The molecule has 0 amide bonds. The highest BCUT2D eigenvalue weighted by molar-refractivity contribution is 6.32. The van der Waals surface area contributed by atoms with Crippen molar-refractivity contribution in [3.05, 3.63) is 105 Å². The number of nitrogens with zero attached hydrogens (tertiary/aromatic N) is 4. The number of nitriles is 1. The smallest absolute Gasteiger partial charge is 0.323 e. The fourth-order valence-corrected chi connectivity index (χ4v) is 7.69. The summed E-state index contributed by atoms with van der Waals surface area (Å²) in [5, 5.41) is 29.7. The van der Waals surface area contributed by atoms with E-state index in [1.54, 1.807) is 31.3 Å². The maximum Gasteiger partial charge on any atom is 0.323 e. The van der Waals surface area contributed by atoms with Crippen LogP contribution in [0.3, 0.4) is 0 Å². The number of aliphatic hydroxyl groups is 1. The van der Waals surface area contributed by atoms with Crippen LogP contribution in [-0.2, 0) is 24.6 Å². The van der Waals surface area contributed by atoms with Gasteiger partial charge in [-0.15, -0.1) is 0 Å². The lowest BCUT2D eigenvalue weighted by Crippen LogP contribution is -2.54. The maximum absolute atomic E-state index is 12.4. The van der Waals surface area contributed by atoms with E-state index >= 15 is 0 Å². The third-order valence-corrected chi connectivity index (χ3v) is 11.1. The largest absolute Gasteiger partial charge is 0.493 e. The van der Waals surface area contributed by atoms with Crippen LogP contribution >= 0.6 is 11.6 Å². The first-order chi connectivity index (χ1) is 26.0. The van der Waals surface area contributed by atoms with Gasteiger partial charge in [-0.2, -0.15) is 5.26 Å². The highest BCUT2D eigenvalue weighted by Gasteiger charge is 2.41. The molecule has 2 saturated heterocycles. The molecule has 2 atom stereocenters. The third kappa shape index (κ3) is 9.16. The van der Waals surface area contributed by atoms with Gasteiger partial charge in [0.2, 0.25) is 0 Å². The van der Waals surface area contributed by atoms with E-state index in [4.69, 9.17) is 25.8 Å². The lowest BCUT2D eigenvalue weighted by molar-refractivity contribution is -0.153. The fraction of sp³-hybridized carbons (Fsp3) is 0.419. The van der Waals surface area contributed by atoms with Crippen LogP contribution in [0, 0.1) is 25.2 Å². The zero-order valence-corrected chi connectivity index (χ0v) is 32.1. The van der Waals surface area contributed by atoms with E-state index in [2.05, 4.69) is 41.9 Å². The number of ether oxygens (including phenoxy) is 3. The van der Waals surface area contributed by atoms with E-state index in [9.17, 15) is 20.3 Å². The molecule has 2 N–H and O–H groups in total. The van der Waals surface area contributed by atoms with Crippen molar-refractivity contribution in [1.29, 1.82) is 5.26 Å². The quantitative estimate of drug-likeness (QED) is 0.117. The Bertz CT molecular complexity index is 2000. The highest BCUT2D eigenvalue weighted by Crippen LogP contribution is 2.38. The number of hydrogen-bond acceptors (Lipinski definition) is 9. The number of β-amino-alcohol motifs (C(OH)–C–C–N with tert-alkyl or cyclic N) is 1. The van der Waals surface area contributed by atoms with E-state index in [-0.39, 0.29) is 19.3 Å². The molecule has 0 aliphatic carbocycles. The van der Waals surface area contributed by atoms with Crippen LogP contribution in [0.5, 0.6) is 17.2 Å². The molecule has 0 spiro atoms. The second-order valence-electron chi connectivity index (χ2n) is 14.6. The van der Waals surface area contributed by atoms with Crippen molar-refractivity contribution in [2.75, 3.05) is 32.8 Å². The van der Waals surface area contributed by atoms with Crippen LogP contribution in [0.2, 0.25) is 5.02 Å². The summed E-state index contributed by atoms with van der Waals surface area (Å²) in [5.74, 6) is 0.972. The minimum Gasteiger partial charge on any atom is -0.493 e. The van der Waals surface area contributed by atoms with Gasteiger partial charge in [-0.25, -0.2) is 0 Å². The van der Waals surface area contributed by atoms with E-state index in [1.165, 1.54) is 6.20 Å². The number of pyridine rings is 1. The first-order valence-corrected chi connectivity index (χ1v) is 19.1. The highest BCUT2D eigenvalue weighted by atomic mass is 35.5. The molecule has 0 saturated carbocycles. The van der Waals surface area contributed by atoms with Crippen LogP contribution in [0.4, 0.5) is 0 Å². The van der Waals surface area contributed by atoms with Gasteiger partial charge in [0.25, 0.3) is 0 Å². The number of aromatic nitrogens is 1. The topological polar surface area (TPSA) is 128 Å². The van der Waals surface area contributed by atoms with Gasteiger partial charge in [-0.05, 0) is 105 Å². The van der Waals surface area contributed by atoms with Gasteiger partial charge in [-0.3, -0.25) is 14.7 Å². The molecule has 2 aliphatic heterocycles. The summed E-state index contributed by atoms with van der Waals surface area (Å²) in [6.45, 7) is 10.5. The Kier molecular flexibility index (Phi) is 12.8. The van der Waals surface area contributed by atoms with E-state index in [0.717, 1.165) is 90.0 Å². The summed E-state index contributed by atoms with van der Waals surface area (Å²) in [6, 6.07) is 19.7. The monoisotopic (exact) mass is 752 g/mol. The van der Waals surface area contributed by atoms with E-state index in [0.29, 0.717) is 48.2 Å². The summed E-state index contributed by atoms with van der Waals surface area (Å²) in [4.78, 5) is 20.8. The van der Waals surface area contributed by atoms with Crippen molar-refractivity contribution in [1.82, 2.24) is 14.8 Å². The van der Waals surface area contributed by atoms with E-state index < -0.39 is 11.5 Å². The maximum atomic E-state index is 12.4. The predicted molar refractivity (Wildman–Crippen MR) is 208 cm³/mol. The molecule has 3 aromatic carbocycles. The molecular weight excluding hydrogens is 704 g/mol. The Hall–Kier alpha value is -4.66. The Morgan fingerprint density at radius 2 is 1.74 bits per heavy atom. The molecule has 1 aromatic heterocycles. The van der Waals surface area contributed by atoms with Gasteiger partial charge in [0, 0.05) is 55.8 Å². The minimum atomic E-state index is -1.01. The number of carboxylic acids is 1. The van der Waals surface area contributed by atoms with Gasteiger partial charge in [-0.1, -0.05) is 41.9 Å². The SMILES string of the molecule is Cc1c(COc2cc(OCc3cncc(C#N)c3)c(CN3CCCCC3(C)C(=O)O)cc2Cl)cccc1-c1cccc(OCCCN2CCC(O)C2)c1C. The summed E-state index contributed by atoms with van der Waals surface area (Å²) in [7, 11) is 0. The van der Waals surface area contributed by atoms with Crippen LogP contribution < -0.4 is 14.2 Å². The number of likely N-dealkylation sites (tertiary alicyclic amines) is 2. The summed E-state index contributed by atoms with van der Waals surface area (Å²) >= 11 is 6.89. The normalized spacial score (nSPS) is 19.0. The molecule has 6 rings (SSSR count).